The summed E-state index contributed by atoms with van der Waals surface area (Å²) in [5.74, 6) is 1.01. The van der Waals surface area contributed by atoms with Crippen molar-refractivity contribution in [3.63, 3.8) is 0 Å². The van der Waals surface area contributed by atoms with Crippen LogP contribution in [0.15, 0.2) is 0 Å². The molecule has 0 bridgehead atoms. The summed E-state index contributed by atoms with van der Waals surface area (Å²) in [7, 11) is 0. The van der Waals surface area contributed by atoms with Crippen LogP contribution in [0.5, 0.6) is 0 Å². The Labute approximate surface area is 93.7 Å². The van der Waals surface area contributed by atoms with Crippen molar-refractivity contribution in [2.45, 2.75) is 57.5 Å². The summed E-state index contributed by atoms with van der Waals surface area (Å²) in [4.78, 5) is 2.54. The fourth-order valence-electron chi connectivity index (χ4n) is 2.98. The summed E-state index contributed by atoms with van der Waals surface area (Å²) in [6, 6.07) is 0. The predicted octanol–water partition coefficient (Wildman–Crippen LogP) is 2.41. The molecular formula is C13H25NO. The monoisotopic (exact) mass is 211 g/mol. The second kappa shape index (κ2) is 5.86. The van der Waals surface area contributed by atoms with Crippen LogP contribution in [0.25, 0.3) is 0 Å². The Kier molecular flexibility index (Phi) is 4.45. The van der Waals surface area contributed by atoms with Gasteiger partial charge < -0.3 is 10.0 Å². The summed E-state index contributed by atoms with van der Waals surface area (Å²) < 4.78 is 0. The topological polar surface area (TPSA) is 23.5 Å². The fourth-order valence-corrected chi connectivity index (χ4v) is 2.98. The number of nitrogens with zero attached hydrogens (tertiary/aromatic N) is 1. The van der Waals surface area contributed by atoms with Crippen molar-refractivity contribution in [2.75, 3.05) is 19.6 Å². The van der Waals surface area contributed by atoms with E-state index in [1.165, 1.54) is 45.1 Å². The maximum absolute atomic E-state index is 9.42. The van der Waals surface area contributed by atoms with E-state index in [1.807, 2.05) is 0 Å². The quantitative estimate of drug-likeness (QED) is 0.775. The third-order valence-electron chi connectivity index (χ3n) is 4.14. The van der Waals surface area contributed by atoms with Crippen molar-refractivity contribution in [3.05, 3.63) is 0 Å². The van der Waals surface area contributed by atoms with E-state index in [2.05, 4.69) is 4.90 Å². The molecule has 1 aliphatic carbocycles. The van der Waals surface area contributed by atoms with Crippen molar-refractivity contribution in [1.82, 2.24) is 4.90 Å². The van der Waals surface area contributed by atoms with E-state index in [9.17, 15) is 5.11 Å². The summed E-state index contributed by atoms with van der Waals surface area (Å²) in [6.07, 6.45) is 10.7. The summed E-state index contributed by atoms with van der Waals surface area (Å²) in [6.45, 7) is 3.51. The molecule has 2 heteroatoms. The van der Waals surface area contributed by atoms with Gasteiger partial charge in [0.1, 0.15) is 0 Å². The number of likely N-dealkylation sites (tertiary alicyclic amines) is 1. The lowest BCUT2D eigenvalue weighted by Crippen LogP contribution is -2.37. The van der Waals surface area contributed by atoms with Crippen LogP contribution in [0.2, 0.25) is 0 Å². The van der Waals surface area contributed by atoms with E-state index in [0.717, 1.165) is 31.8 Å². The Hall–Kier alpha value is -0.0800. The van der Waals surface area contributed by atoms with E-state index in [-0.39, 0.29) is 6.10 Å². The molecule has 2 rings (SSSR count). The Balaban J connectivity index is 1.60. The fraction of sp³-hybridized carbons (Fsp3) is 1.00. The molecule has 1 heterocycles. The van der Waals surface area contributed by atoms with Gasteiger partial charge in [0.05, 0.1) is 6.10 Å². The second-order valence-electron chi connectivity index (χ2n) is 5.37. The van der Waals surface area contributed by atoms with Crippen LogP contribution in [0.3, 0.4) is 0 Å². The van der Waals surface area contributed by atoms with E-state index in [4.69, 9.17) is 0 Å². The van der Waals surface area contributed by atoms with Gasteiger partial charge in [-0.3, -0.25) is 0 Å². The number of rotatable bonds is 3. The molecule has 0 unspecified atom stereocenters. The first kappa shape index (κ1) is 11.4. The number of hydrogen-bond donors (Lipinski definition) is 1. The van der Waals surface area contributed by atoms with Crippen LogP contribution in [-0.2, 0) is 0 Å². The summed E-state index contributed by atoms with van der Waals surface area (Å²) in [5.41, 5.74) is 0. The molecule has 1 aliphatic heterocycles. The first-order valence-electron chi connectivity index (χ1n) is 6.75. The molecule has 1 saturated carbocycles. The van der Waals surface area contributed by atoms with E-state index >= 15 is 0 Å². The van der Waals surface area contributed by atoms with Crippen molar-refractivity contribution in [3.8, 4) is 0 Å². The number of hydrogen-bond acceptors (Lipinski definition) is 2. The third kappa shape index (κ3) is 3.76. The predicted molar refractivity (Wildman–Crippen MR) is 62.9 cm³/mol. The van der Waals surface area contributed by atoms with Gasteiger partial charge in [0.2, 0.25) is 0 Å². The molecule has 0 aromatic carbocycles. The Bertz CT molecular complexity index is 169. The van der Waals surface area contributed by atoms with Gasteiger partial charge in [-0.1, -0.05) is 32.1 Å². The largest absolute Gasteiger partial charge is 0.393 e. The van der Waals surface area contributed by atoms with Crippen LogP contribution in [0, 0.1) is 5.92 Å². The molecule has 1 saturated heterocycles. The Morgan fingerprint density at radius 2 is 1.60 bits per heavy atom. The van der Waals surface area contributed by atoms with Gasteiger partial charge in [0.25, 0.3) is 0 Å². The minimum Gasteiger partial charge on any atom is -0.393 e. The Morgan fingerprint density at radius 1 is 0.933 bits per heavy atom. The van der Waals surface area contributed by atoms with Crippen LogP contribution < -0.4 is 0 Å². The highest BCUT2D eigenvalue weighted by Gasteiger charge is 2.19. The minimum atomic E-state index is -0.0177. The molecule has 0 atom stereocenters. The lowest BCUT2D eigenvalue weighted by Gasteiger charge is -2.31. The van der Waals surface area contributed by atoms with Gasteiger partial charge in [-0.15, -0.1) is 0 Å². The van der Waals surface area contributed by atoms with Crippen molar-refractivity contribution < 1.29 is 5.11 Å². The summed E-state index contributed by atoms with van der Waals surface area (Å²) >= 11 is 0. The van der Waals surface area contributed by atoms with Crippen LogP contribution in [0.4, 0.5) is 0 Å². The first-order chi connectivity index (χ1) is 7.34. The first-order valence-corrected chi connectivity index (χ1v) is 6.75. The lowest BCUT2D eigenvalue weighted by atomic mass is 9.87. The van der Waals surface area contributed by atoms with E-state index in [1.54, 1.807) is 0 Å². The number of aliphatic hydroxyl groups is 1. The van der Waals surface area contributed by atoms with Gasteiger partial charge in [-0.05, 0) is 31.7 Å². The zero-order valence-electron chi connectivity index (χ0n) is 9.83. The van der Waals surface area contributed by atoms with Gasteiger partial charge in [-0.2, -0.15) is 0 Å². The molecule has 0 radical (unpaired) electrons. The molecule has 0 aromatic heterocycles. The third-order valence-corrected chi connectivity index (χ3v) is 4.14. The highest BCUT2D eigenvalue weighted by atomic mass is 16.3. The smallest absolute Gasteiger partial charge is 0.0564 e. The molecule has 2 nitrogen and oxygen atoms in total. The van der Waals surface area contributed by atoms with Gasteiger partial charge in [0, 0.05) is 13.1 Å². The molecule has 0 aromatic rings. The average Bonchev–Trinajstić information content (AvgIpc) is 2.30. The lowest BCUT2D eigenvalue weighted by molar-refractivity contribution is 0.0787. The highest BCUT2D eigenvalue weighted by Crippen LogP contribution is 2.26. The van der Waals surface area contributed by atoms with Crippen molar-refractivity contribution in [1.29, 1.82) is 0 Å². The molecule has 88 valence electrons. The van der Waals surface area contributed by atoms with Gasteiger partial charge >= 0.3 is 0 Å². The molecule has 2 fully saturated rings. The van der Waals surface area contributed by atoms with Crippen LogP contribution >= 0.6 is 0 Å². The minimum absolute atomic E-state index is 0.0177. The Morgan fingerprint density at radius 3 is 2.27 bits per heavy atom. The number of piperidine rings is 1. The van der Waals surface area contributed by atoms with E-state index in [0.29, 0.717) is 0 Å². The number of aliphatic hydroxyl groups excluding tert-OH is 1. The van der Waals surface area contributed by atoms with E-state index < -0.39 is 0 Å². The maximum atomic E-state index is 9.42. The zero-order chi connectivity index (χ0) is 10.5. The molecular weight excluding hydrogens is 186 g/mol. The maximum Gasteiger partial charge on any atom is 0.0564 e. The van der Waals surface area contributed by atoms with Gasteiger partial charge in [0.15, 0.2) is 0 Å². The zero-order valence-corrected chi connectivity index (χ0v) is 9.83. The molecule has 15 heavy (non-hydrogen) atoms. The van der Waals surface area contributed by atoms with Crippen LogP contribution in [-0.4, -0.2) is 35.7 Å². The second-order valence-corrected chi connectivity index (χ2v) is 5.37. The van der Waals surface area contributed by atoms with Crippen LogP contribution in [0.1, 0.15) is 51.4 Å². The normalized spacial score (nSPS) is 27.0. The van der Waals surface area contributed by atoms with Crippen molar-refractivity contribution >= 4 is 0 Å². The highest BCUT2D eigenvalue weighted by molar-refractivity contribution is 4.73. The molecule has 0 spiro atoms. The average molecular weight is 211 g/mol. The SMILES string of the molecule is OC1CCN(CCC2CCCCC2)CC1. The summed E-state index contributed by atoms with van der Waals surface area (Å²) in [5, 5.41) is 9.42. The standard InChI is InChI=1S/C13H25NO/c15-13-7-10-14(11-8-13)9-6-12-4-2-1-3-5-12/h12-13,15H,1-11H2. The van der Waals surface area contributed by atoms with Crippen molar-refractivity contribution in [2.24, 2.45) is 5.92 Å². The molecule has 1 N–H and O–H groups in total. The van der Waals surface area contributed by atoms with Gasteiger partial charge in [-0.25, -0.2) is 0 Å². The molecule has 0 amide bonds. The molecule has 2 aliphatic rings.